The van der Waals surface area contributed by atoms with Crippen molar-refractivity contribution >= 4 is 12.6 Å². The second-order valence-electron chi connectivity index (χ2n) is 2.98. The molecular weight excluding hydrogens is 163 g/mol. The molecule has 0 amide bonds. The van der Waals surface area contributed by atoms with Crippen LogP contribution in [0.25, 0.3) is 5.47 Å². The van der Waals surface area contributed by atoms with Gasteiger partial charge < -0.3 is 10.0 Å². The van der Waals surface area contributed by atoms with Crippen molar-refractivity contribution in [3.8, 4) is 0 Å². The first-order valence-electron chi connectivity index (χ1n) is 4.24. The molecule has 2 nitrogen and oxygen atoms in total. The van der Waals surface area contributed by atoms with E-state index in [0.29, 0.717) is 5.47 Å². The third-order valence-electron chi connectivity index (χ3n) is 1.97. The number of hydrogen-bond acceptors (Lipinski definition) is 2. The van der Waals surface area contributed by atoms with Crippen molar-refractivity contribution in [3.05, 3.63) is 41.5 Å². The summed E-state index contributed by atoms with van der Waals surface area (Å²) in [5.41, 5.74) is 2.55. The molecule has 0 radical (unpaired) electrons. The number of rotatable bonds is 2. The van der Waals surface area contributed by atoms with Crippen LogP contribution in [-0.4, -0.2) is 17.2 Å². The summed E-state index contributed by atoms with van der Waals surface area (Å²) in [7, 11) is -1.40. The second-order valence-corrected chi connectivity index (χ2v) is 2.98. The van der Waals surface area contributed by atoms with Crippen molar-refractivity contribution in [1.82, 2.24) is 0 Å². The zero-order valence-electron chi connectivity index (χ0n) is 7.86. The zero-order chi connectivity index (χ0) is 9.84. The van der Waals surface area contributed by atoms with Crippen LogP contribution in [0.15, 0.2) is 30.3 Å². The van der Waals surface area contributed by atoms with Crippen LogP contribution in [0.3, 0.4) is 0 Å². The molecule has 0 fully saturated rings. The predicted octanol–water partition coefficient (Wildman–Crippen LogP) is 1.41. The SMILES string of the molecule is CC=C(B(O)O)c1ccc(C)cc1. The quantitative estimate of drug-likeness (QED) is 0.668. The second kappa shape index (κ2) is 4.26. The lowest BCUT2D eigenvalue weighted by Crippen LogP contribution is -2.13. The third-order valence-corrected chi connectivity index (χ3v) is 1.97. The van der Waals surface area contributed by atoms with E-state index in [1.54, 1.807) is 13.0 Å². The summed E-state index contributed by atoms with van der Waals surface area (Å²) in [4.78, 5) is 0. The summed E-state index contributed by atoms with van der Waals surface area (Å²) < 4.78 is 0. The van der Waals surface area contributed by atoms with Gasteiger partial charge in [-0.3, -0.25) is 0 Å². The summed E-state index contributed by atoms with van der Waals surface area (Å²) in [6, 6.07) is 7.65. The molecule has 0 aliphatic rings. The third kappa shape index (κ3) is 2.44. The normalized spacial score (nSPS) is 11.5. The molecule has 2 N–H and O–H groups in total. The molecule has 68 valence electrons. The Morgan fingerprint density at radius 1 is 1.23 bits per heavy atom. The lowest BCUT2D eigenvalue weighted by Gasteiger charge is -2.05. The Bertz CT molecular complexity index is 301. The van der Waals surface area contributed by atoms with Gasteiger partial charge in [0.2, 0.25) is 0 Å². The molecule has 0 heterocycles. The Labute approximate surface area is 78.7 Å². The van der Waals surface area contributed by atoms with Gasteiger partial charge in [-0.05, 0) is 24.9 Å². The van der Waals surface area contributed by atoms with Crippen molar-refractivity contribution in [2.75, 3.05) is 0 Å². The van der Waals surface area contributed by atoms with E-state index in [-0.39, 0.29) is 0 Å². The summed E-state index contributed by atoms with van der Waals surface area (Å²) in [6.45, 7) is 3.78. The van der Waals surface area contributed by atoms with Crippen molar-refractivity contribution < 1.29 is 10.0 Å². The highest BCUT2D eigenvalue weighted by atomic mass is 16.4. The largest absolute Gasteiger partial charge is 0.488 e. The summed E-state index contributed by atoms with van der Waals surface area (Å²) in [5.74, 6) is 0. The lowest BCUT2D eigenvalue weighted by molar-refractivity contribution is 0.427. The van der Waals surface area contributed by atoms with Gasteiger partial charge in [-0.1, -0.05) is 35.9 Å². The standard InChI is InChI=1S/C10H13BO2/c1-3-10(11(12)13)9-6-4-8(2)5-7-9/h3-7,12-13H,1-2H3. The molecular formula is C10H13BO2. The van der Waals surface area contributed by atoms with E-state index in [1.807, 2.05) is 31.2 Å². The van der Waals surface area contributed by atoms with E-state index in [1.165, 1.54) is 0 Å². The molecule has 0 aromatic heterocycles. The van der Waals surface area contributed by atoms with Crippen LogP contribution >= 0.6 is 0 Å². The molecule has 0 bridgehead atoms. The molecule has 1 aromatic rings. The Morgan fingerprint density at radius 2 is 1.77 bits per heavy atom. The number of allylic oxidation sites excluding steroid dienone is 1. The van der Waals surface area contributed by atoms with Crippen LogP contribution in [0.5, 0.6) is 0 Å². The van der Waals surface area contributed by atoms with Gasteiger partial charge in [-0.25, -0.2) is 0 Å². The molecule has 1 aromatic carbocycles. The topological polar surface area (TPSA) is 40.5 Å². The summed E-state index contributed by atoms with van der Waals surface area (Å²) >= 11 is 0. The van der Waals surface area contributed by atoms with E-state index in [2.05, 4.69) is 0 Å². The molecule has 0 spiro atoms. The lowest BCUT2D eigenvalue weighted by atomic mass is 9.75. The van der Waals surface area contributed by atoms with Crippen molar-refractivity contribution in [2.45, 2.75) is 13.8 Å². The Balaban J connectivity index is 3.00. The van der Waals surface area contributed by atoms with E-state index < -0.39 is 7.12 Å². The van der Waals surface area contributed by atoms with E-state index in [4.69, 9.17) is 10.0 Å². The van der Waals surface area contributed by atoms with Crippen molar-refractivity contribution in [3.63, 3.8) is 0 Å². The van der Waals surface area contributed by atoms with Crippen LogP contribution in [0.2, 0.25) is 0 Å². The fourth-order valence-electron chi connectivity index (χ4n) is 1.21. The van der Waals surface area contributed by atoms with E-state index in [0.717, 1.165) is 11.1 Å². The van der Waals surface area contributed by atoms with Gasteiger partial charge in [0, 0.05) is 0 Å². The van der Waals surface area contributed by atoms with Crippen LogP contribution < -0.4 is 0 Å². The maximum absolute atomic E-state index is 9.02. The van der Waals surface area contributed by atoms with Crippen LogP contribution in [0.1, 0.15) is 18.1 Å². The first kappa shape index (κ1) is 10.0. The first-order valence-corrected chi connectivity index (χ1v) is 4.24. The predicted molar refractivity (Wildman–Crippen MR) is 55.0 cm³/mol. The molecule has 0 saturated carbocycles. The monoisotopic (exact) mass is 176 g/mol. The molecule has 0 aliphatic heterocycles. The highest BCUT2D eigenvalue weighted by molar-refractivity contribution is 6.65. The molecule has 0 aliphatic carbocycles. The van der Waals surface area contributed by atoms with Gasteiger partial charge in [0.1, 0.15) is 0 Å². The highest BCUT2D eigenvalue weighted by Crippen LogP contribution is 2.15. The minimum Gasteiger partial charge on any atom is -0.423 e. The molecule has 0 atom stereocenters. The molecule has 3 heteroatoms. The van der Waals surface area contributed by atoms with Gasteiger partial charge in [0.15, 0.2) is 0 Å². The van der Waals surface area contributed by atoms with Crippen molar-refractivity contribution in [1.29, 1.82) is 0 Å². The molecule has 0 unspecified atom stereocenters. The van der Waals surface area contributed by atoms with Crippen LogP contribution in [0, 0.1) is 6.92 Å². The van der Waals surface area contributed by atoms with Crippen molar-refractivity contribution in [2.24, 2.45) is 0 Å². The van der Waals surface area contributed by atoms with Gasteiger partial charge in [0.25, 0.3) is 0 Å². The van der Waals surface area contributed by atoms with Gasteiger partial charge in [-0.2, -0.15) is 0 Å². The average Bonchev–Trinajstić information content (AvgIpc) is 2.09. The van der Waals surface area contributed by atoms with Crippen LogP contribution in [0.4, 0.5) is 0 Å². The summed E-state index contributed by atoms with van der Waals surface area (Å²) in [6.07, 6.45) is 1.70. The minimum absolute atomic E-state index is 0.542. The highest BCUT2D eigenvalue weighted by Gasteiger charge is 2.14. The fraction of sp³-hybridized carbons (Fsp3) is 0.200. The van der Waals surface area contributed by atoms with E-state index in [9.17, 15) is 0 Å². The Hall–Kier alpha value is -1.06. The van der Waals surface area contributed by atoms with Crippen LogP contribution in [-0.2, 0) is 0 Å². The maximum Gasteiger partial charge on any atom is 0.488 e. The minimum atomic E-state index is -1.40. The summed E-state index contributed by atoms with van der Waals surface area (Å²) in [5, 5.41) is 18.0. The molecule has 1 rings (SSSR count). The maximum atomic E-state index is 9.02. The first-order chi connectivity index (χ1) is 6.15. The number of benzene rings is 1. The molecule has 0 saturated heterocycles. The average molecular weight is 176 g/mol. The Morgan fingerprint density at radius 3 is 2.15 bits per heavy atom. The van der Waals surface area contributed by atoms with Gasteiger partial charge >= 0.3 is 7.12 Å². The fourth-order valence-corrected chi connectivity index (χ4v) is 1.21. The van der Waals surface area contributed by atoms with E-state index >= 15 is 0 Å². The zero-order valence-corrected chi connectivity index (χ0v) is 7.86. The molecule has 13 heavy (non-hydrogen) atoms. The number of hydrogen-bond donors (Lipinski definition) is 2. The van der Waals surface area contributed by atoms with Gasteiger partial charge in [0.05, 0.1) is 0 Å². The van der Waals surface area contributed by atoms with Gasteiger partial charge in [-0.15, -0.1) is 0 Å². The smallest absolute Gasteiger partial charge is 0.423 e. The number of aryl methyl sites for hydroxylation is 1. The Kier molecular flexibility index (Phi) is 3.28.